The van der Waals surface area contributed by atoms with Gasteiger partial charge in [-0.25, -0.2) is 0 Å². The first-order valence-corrected chi connectivity index (χ1v) is 8.22. The van der Waals surface area contributed by atoms with Crippen LogP contribution in [0.3, 0.4) is 0 Å². The van der Waals surface area contributed by atoms with Crippen molar-refractivity contribution in [2.75, 3.05) is 11.4 Å². The number of aldehydes is 1. The van der Waals surface area contributed by atoms with Gasteiger partial charge in [0.25, 0.3) is 0 Å². The lowest BCUT2D eigenvalue weighted by Crippen LogP contribution is -2.29. The van der Waals surface area contributed by atoms with Gasteiger partial charge in [0.05, 0.1) is 11.6 Å². The number of nitrogens with zero attached hydrogens (tertiary/aromatic N) is 2. The smallest absolute Gasteiger partial charge is 0.122 e. The maximum Gasteiger partial charge on any atom is 0.122 e. The monoisotopic (exact) mass is 320 g/mol. The number of carbonyl (C=O) groups excluding carboxylic acids is 1. The lowest BCUT2D eigenvalue weighted by Gasteiger charge is -2.25. The van der Waals surface area contributed by atoms with Gasteiger partial charge >= 0.3 is 0 Å². The number of rotatable bonds is 6. The summed E-state index contributed by atoms with van der Waals surface area (Å²) in [6.07, 6.45) is 3.82. The van der Waals surface area contributed by atoms with E-state index in [1.54, 1.807) is 12.1 Å². The predicted octanol–water partition coefficient (Wildman–Crippen LogP) is 3.70. The first kappa shape index (κ1) is 16.1. The summed E-state index contributed by atoms with van der Waals surface area (Å²) >= 11 is 0. The van der Waals surface area contributed by atoms with Crippen molar-refractivity contribution in [3.63, 3.8) is 0 Å². The van der Waals surface area contributed by atoms with E-state index in [4.69, 9.17) is 10.00 Å². The predicted molar refractivity (Wildman–Crippen MR) is 93.0 cm³/mol. The summed E-state index contributed by atoms with van der Waals surface area (Å²) in [5, 5.41) is 8.80. The molecular formula is C20H20N2O2. The van der Waals surface area contributed by atoms with Crippen LogP contribution in [0.1, 0.15) is 30.4 Å². The SMILES string of the molecule is N#Cc1ccc(COc2ccc(N3CCCC3CC=O)cc2)cc1. The molecule has 0 spiro atoms. The van der Waals surface area contributed by atoms with Crippen molar-refractivity contribution in [3.05, 3.63) is 59.7 Å². The molecule has 1 aliphatic heterocycles. The van der Waals surface area contributed by atoms with Crippen molar-refractivity contribution >= 4 is 12.0 Å². The van der Waals surface area contributed by atoms with E-state index >= 15 is 0 Å². The van der Waals surface area contributed by atoms with Crippen LogP contribution >= 0.6 is 0 Å². The number of hydrogen-bond acceptors (Lipinski definition) is 4. The molecule has 122 valence electrons. The van der Waals surface area contributed by atoms with E-state index in [9.17, 15) is 4.79 Å². The van der Waals surface area contributed by atoms with Crippen LogP contribution in [-0.4, -0.2) is 18.9 Å². The molecule has 0 bridgehead atoms. The highest BCUT2D eigenvalue weighted by Crippen LogP contribution is 2.28. The maximum absolute atomic E-state index is 10.8. The summed E-state index contributed by atoms with van der Waals surface area (Å²) in [6, 6.07) is 17.9. The van der Waals surface area contributed by atoms with Crippen LogP contribution in [0.25, 0.3) is 0 Å². The van der Waals surface area contributed by atoms with E-state index in [1.807, 2.05) is 24.3 Å². The molecule has 2 aromatic rings. The highest BCUT2D eigenvalue weighted by molar-refractivity contribution is 5.56. The second-order valence-electron chi connectivity index (χ2n) is 5.98. The molecule has 0 aliphatic carbocycles. The van der Waals surface area contributed by atoms with Crippen LogP contribution in [0, 0.1) is 11.3 Å². The summed E-state index contributed by atoms with van der Waals surface area (Å²) in [5.74, 6) is 0.814. The van der Waals surface area contributed by atoms with E-state index in [2.05, 4.69) is 23.1 Å². The zero-order chi connectivity index (χ0) is 16.8. The second kappa shape index (κ2) is 7.65. The molecule has 1 fully saturated rings. The third kappa shape index (κ3) is 3.75. The lowest BCUT2D eigenvalue weighted by molar-refractivity contribution is -0.108. The molecule has 1 saturated heterocycles. The van der Waals surface area contributed by atoms with Gasteiger partial charge in [-0.2, -0.15) is 5.26 Å². The van der Waals surface area contributed by atoms with Gasteiger partial charge in [-0.15, -0.1) is 0 Å². The summed E-state index contributed by atoms with van der Waals surface area (Å²) in [5.41, 5.74) is 2.83. The Labute approximate surface area is 142 Å². The van der Waals surface area contributed by atoms with Gasteiger partial charge in [-0.05, 0) is 54.8 Å². The van der Waals surface area contributed by atoms with Crippen molar-refractivity contribution < 1.29 is 9.53 Å². The Hall–Kier alpha value is -2.80. The molecule has 0 N–H and O–H groups in total. The minimum atomic E-state index is 0.327. The van der Waals surface area contributed by atoms with E-state index in [-0.39, 0.29) is 0 Å². The van der Waals surface area contributed by atoms with Crippen LogP contribution in [0.2, 0.25) is 0 Å². The van der Waals surface area contributed by atoms with Crippen LogP contribution in [-0.2, 0) is 11.4 Å². The number of anilines is 1. The van der Waals surface area contributed by atoms with Crippen LogP contribution in [0.4, 0.5) is 5.69 Å². The summed E-state index contributed by atoms with van der Waals surface area (Å²) < 4.78 is 5.80. The number of benzene rings is 2. The third-order valence-electron chi connectivity index (χ3n) is 4.40. The molecule has 0 radical (unpaired) electrons. The zero-order valence-corrected chi connectivity index (χ0v) is 13.5. The Morgan fingerprint density at radius 1 is 1.17 bits per heavy atom. The molecule has 0 saturated carbocycles. The average Bonchev–Trinajstić information content (AvgIpc) is 3.09. The fourth-order valence-electron chi connectivity index (χ4n) is 3.11. The molecule has 4 heteroatoms. The first-order valence-electron chi connectivity index (χ1n) is 8.22. The van der Waals surface area contributed by atoms with Crippen LogP contribution < -0.4 is 9.64 Å². The summed E-state index contributed by atoms with van der Waals surface area (Å²) in [4.78, 5) is 13.1. The van der Waals surface area contributed by atoms with E-state index in [0.717, 1.165) is 42.7 Å². The van der Waals surface area contributed by atoms with Crippen LogP contribution in [0.5, 0.6) is 5.75 Å². The van der Waals surface area contributed by atoms with E-state index in [0.29, 0.717) is 24.6 Å². The van der Waals surface area contributed by atoms with Crippen molar-refractivity contribution in [2.45, 2.75) is 31.9 Å². The molecule has 1 aliphatic rings. The van der Waals surface area contributed by atoms with Crippen molar-refractivity contribution in [1.82, 2.24) is 0 Å². The Morgan fingerprint density at radius 2 is 1.92 bits per heavy atom. The van der Waals surface area contributed by atoms with Gasteiger partial charge in [-0.1, -0.05) is 12.1 Å². The van der Waals surface area contributed by atoms with E-state index < -0.39 is 0 Å². The molecule has 4 nitrogen and oxygen atoms in total. The largest absolute Gasteiger partial charge is 0.489 e. The molecule has 0 amide bonds. The average molecular weight is 320 g/mol. The quantitative estimate of drug-likeness (QED) is 0.762. The van der Waals surface area contributed by atoms with Gasteiger partial charge in [0.1, 0.15) is 18.6 Å². The Bertz CT molecular complexity index is 717. The maximum atomic E-state index is 10.8. The number of nitriles is 1. The molecule has 24 heavy (non-hydrogen) atoms. The highest BCUT2D eigenvalue weighted by atomic mass is 16.5. The highest BCUT2D eigenvalue weighted by Gasteiger charge is 2.24. The Morgan fingerprint density at radius 3 is 2.58 bits per heavy atom. The molecule has 1 heterocycles. The molecule has 1 unspecified atom stereocenters. The standard InChI is InChI=1S/C20H20N2O2/c21-14-16-3-5-17(6-4-16)15-24-20-9-7-19(8-10-20)22-12-1-2-18(22)11-13-23/h3-10,13,18H,1-2,11-12,15H2. The Kier molecular flexibility index (Phi) is 5.12. The third-order valence-corrected chi connectivity index (χ3v) is 4.40. The van der Waals surface area contributed by atoms with Crippen LogP contribution in [0.15, 0.2) is 48.5 Å². The number of ether oxygens (including phenoxy) is 1. The number of carbonyl (C=O) groups is 1. The summed E-state index contributed by atoms with van der Waals surface area (Å²) in [6.45, 7) is 1.48. The molecule has 0 aromatic heterocycles. The van der Waals surface area contributed by atoms with Gasteiger partial charge in [-0.3, -0.25) is 0 Å². The molecular weight excluding hydrogens is 300 g/mol. The van der Waals surface area contributed by atoms with E-state index in [1.165, 1.54) is 0 Å². The fraction of sp³-hybridized carbons (Fsp3) is 0.300. The molecule has 3 rings (SSSR count). The van der Waals surface area contributed by atoms with Gasteiger partial charge in [0.15, 0.2) is 0 Å². The Balaban J connectivity index is 1.60. The van der Waals surface area contributed by atoms with Crippen molar-refractivity contribution in [3.8, 4) is 11.8 Å². The first-order chi connectivity index (χ1) is 11.8. The topological polar surface area (TPSA) is 53.3 Å². The van der Waals surface area contributed by atoms with Gasteiger partial charge in [0, 0.05) is 24.7 Å². The normalized spacial score (nSPS) is 16.6. The minimum Gasteiger partial charge on any atom is -0.489 e. The zero-order valence-electron chi connectivity index (χ0n) is 13.5. The van der Waals surface area contributed by atoms with Gasteiger partial charge < -0.3 is 14.4 Å². The lowest BCUT2D eigenvalue weighted by atomic mass is 10.1. The molecule has 2 aromatic carbocycles. The minimum absolute atomic E-state index is 0.327. The number of hydrogen-bond donors (Lipinski definition) is 0. The van der Waals surface area contributed by atoms with Gasteiger partial charge in [0.2, 0.25) is 0 Å². The fourth-order valence-corrected chi connectivity index (χ4v) is 3.11. The van der Waals surface area contributed by atoms with Crippen molar-refractivity contribution in [2.24, 2.45) is 0 Å². The van der Waals surface area contributed by atoms with Crippen molar-refractivity contribution in [1.29, 1.82) is 5.26 Å². The second-order valence-corrected chi connectivity index (χ2v) is 5.98. The summed E-state index contributed by atoms with van der Waals surface area (Å²) in [7, 11) is 0. The molecule has 1 atom stereocenters.